The third kappa shape index (κ3) is 2.62. The van der Waals surface area contributed by atoms with E-state index in [4.69, 9.17) is 14.0 Å². The van der Waals surface area contributed by atoms with Crippen molar-refractivity contribution in [3.8, 4) is 5.75 Å². The van der Waals surface area contributed by atoms with Crippen LogP contribution in [0.25, 0.3) is 0 Å². The fraction of sp³-hybridized carbons (Fsp3) is 0.333. The molecule has 1 aliphatic heterocycles. The Balaban J connectivity index is 1.79. The second-order valence-corrected chi connectivity index (χ2v) is 4.94. The van der Waals surface area contributed by atoms with Gasteiger partial charge in [-0.15, -0.1) is 0 Å². The molecule has 1 amide bonds. The second kappa shape index (κ2) is 5.21. The summed E-state index contributed by atoms with van der Waals surface area (Å²) in [6.45, 7) is 3.23. The number of nitrogens with zero attached hydrogens (tertiary/aromatic N) is 1. The molecule has 1 saturated heterocycles. The van der Waals surface area contributed by atoms with Crippen molar-refractivity contribution in [2.45, 2.75) is 26.1 Å². The topological polar surface area (TPSA) is 76.9 Å². The maximum absolute atomic E-state index is 11.2. The standard InChI is InChI=1S/C15H16N2O4/c1-8-12(16-9(2)18)14(21-17-8)15-13(20-15)10-4-6-11(19-3)7-5-10/h4-7,13,15H,1-3H3,(H,16,18)/t13-,15+/m0/s1. The van der Waals surface area contributed by atoms with E-state index >= 15 is 0 Å². The summed E-state index contributed by atoms with van der Waals surface area (Å²) >= 11 is 0. The van der Waals surface area contributed by atoms with Crippen molar-refractivity contribution in [1.82, 2.24) is 5.16 Å². The second-order valence-electron chi connectivity index (χ2n) is 4.94. The molecule has 1 aliphatic rings. The molecular weight excluding hydrogens is 272 g/mol. The summed E-state index contributed by atoms with van der Waals surface area (Å²) in [5.41, 5.74) is 2.27. The van der Waals surface area contributed by atoms with Crippen molar-refractivity contribution >= 4 is 11.6 Å². The Hall–Kier alpha value is -2.34. The normalized spacial score (nSPS) is 20.1. The molecule has 1 aromatic heterocycles. The molecule has 0 aliphatic carbocycles. The van der Waals surface area contributed by atoms with Gasteiger partial charge in [-0.05, 0) is 24.6 Å². The van der Waals surface area contributed by atoms with Crippen LogP contribution in [0.2, 0.25) is 0 Å². The summed E-state index contributed by atoms with van der Waals surface area (Å²) in [4.78, 5) is 11.2. The highest BCUT2D eigenvalue weighted by Crippen LogP contribution is 2.53. The fourth-order valence-electron chi connectivity index (χ4n) is 2.27. The predicted octanol–water partition coefficient (Wildman–Crippen LogP) is 2.76. The van der Waals surface area contributed by atoms with E-state index in [0.29, 0.717) is 17.1 Å². The van der Waals surface area contributed by atoms with Gasteiger partial charge in [0, 0.05) is 6.92 Å². The first kappa shape index (κ1) is 13.6. The number of aryl methyl sites for hydroxylation is 1. The first-order valence-corrected chi connectivity index (χ1v) is 6.63. The van der Waals surface area contributed by atoms with Gasteiger partial charge in [0.2, 0.25) is 5.91 Å². The zero-order valence-electron chi connectivity index (χ0n) is 12.0. The van der Waals surface area contributed by atoms with Crippen molar-refractivity contribution in [2.24, 2.45) is 0 Å². The van der Waals surface area contributed by atoms with E-state index in [2.05, 4.69) is 10.5 Å². The maximum Gasteiger partial charge on any atom is 0.221 e. The molecular formula is C15H16N2O4. The number of methoxy groups -OCH3 is 1. The lowest BCUT2D eigenvalue weighted by Gasteiger charge is -2.01. The summed E-state index contributed by atoms with van der Waals surface area (Å²) < 4.78 is 16.1. The van der Waals surface area contributed by atoms with Gasteiger partial charge in [-0.2, -0.15) is 0 Å². The van der Waals surface area contributed by atoms with Crippen LogP contribution in [-0.2, 0) is 9.53 Å². The van der Waals surface area contributed by atoms with Gasteiger partial charge in [-0.25, -0.2) is 0 Å². The third-order valence-corrected chi connectivity index (χ3v) is 3.38. The number of benzene rings is 1. The van der Waals surface area contributed by atoms with Crippen LogP contribution < -0.4 is 10.1 Å². The number of aromatic nitrogens is 1. The molecule has 1 fully saturated rings. The Morgan fingerprint density at radius 3 is 2.62 bits per heavy atom. The summed E-state index contributed by atoms with van der Waals surface area (Å²) in [5, 5.41) is 6.63. The highest BCUT2D eigenvalue weighted by Gasteiger charge is 2.46. The van der Waals surface area contributed by atoms with Crippen molar-refractivity contribution in [2.75, 3.05) is 12.4 Å². The average molecular weight is 288 g/mol. The lowest BCUT2D eigenvalue weighted by atomic mass is 10.1. The molecule has 2 atom stereocenters. The Morgan fingerprint density at radius 2 is 2.00 bits per heavy atom. The molecule has 0 unspecified atom stereocenters. The number of hydrogen-bond acceptors (Lipinski definition) is 5. The van der Waals surface area contributed by atoms with Crippen LogP contribution in [0.3, 0.4) is 0 Å². The molecule has 0 spiro atoms. The van der Waals surface area contributed by atoms with Crippen molar-refractivity contribution in [1.29, 1.82) is 0 Å². The minimum absolute atomic E-state index is 0.0873. The van der Waals surface area contributed by atoms with Crippen LogP contribution in [-0.4, -0.2) is 18.2 Å². The Labute approximate surface area is 122 Å². The van der Waals surface area contributed by atoms with Crippen molar-refractivity contribution < 1.29 is 18.8 Å². The monoisotopic (exact) mass is 288 g/mol. The lowest BCUT2D eigenvalue weighted by Crippen LogP contribution is -2.07. The lowest BCUT2D eigenvalue weighted by molar-refractivity contribution is -0.114. The first-order chi connectivity index (χ1) is 10.1. The minimum atomic E-state index is -0.221. The van der Waals surface area contributed by atoms with Crippen molar-refractivity contribution in [3.05, 3.63) is 41.3 Å². The van der Waals surface area contributed by atoms with Gasteiger partial charge >= 0.3 is 0 Å². The average Bonchev–Trinajstić information content (AvgIpc) is 3.19. The SMILES string of the molecule is COc1ccc([C@@H]2O[C@H]2c2onc(C)c2NC(C)=O)cc1. The number of epoxide rings is 1. The predicted molar refractivity (Wildman–Crippen MR) is 75.1 cm³/mol. The number of anilines is 1. The summed E-state index contributed by atoms with van der Waals surface area (Å²) in [5.74, 6) is 1.19. The van der Waals surface area contributed by atoms with Crippen LogP contribution in [0.5, 0.6) is 5.75 Å². The third-order valence-electron chi connectivity index (χ3n) is 3.38. The number of carbonyl (C=O) groups is 1. The molecule has 3 rings (SSSR count). The van der Waals surface area contributed by atoms with Crippen LogP contribution in [0.1, 0.15) is 36.1 Å². The maximum atomic E-state index is 11.2. The summed E-state index contributed by atoms with van der Waals surface area (Å²) in [6, 6.07) is 7.67. The van der Waals surface area contributed by atoms with Crippen molar-refractivity contribution in [3.63, 3.8) is 0 Å². The molecule has 0 saturated carbocycles. The number of ether oxygens (including phenoxy) is 2. The number of nitrogens with one attached hydrogen (secondary N) is 1. The van der Waals surface area contributed by atoms with Crippen LogP contribution >= 0.6 is 0 Å². The summed E-state index contributed by atoms with van der Waals surface area (Å²) in [7, 11) is 1.63. The molecule has 2 heterocycles. The molecule has 1 N–H and O–H groups in total. The van der Waals surface area contributed by atoms with E-state index in [1.807, 2.05) is 24.3 Å². The van der Waals surface area contributed by atoms with E-state index in [-0.39, 0.29) is 18.1 Å². The zero-order chi connectivity index (χ0) is 15.0. The van der Waals surface area contributed by atoms with E-state index in [9.17, 15) is 4.79 Å². The Kier molecular flexibility index (Phi) is 3.39. The molecule has 2 aromatic rings. The fourth-order valence-corrected chi connectivity index (χ4v) is 2.27. The van der Waals surface area contributed by atoms with Gasteiger partial charge in [0.25, 0.3) is 0 Å². The molecule has 110 valence electrons. The van der Waals surface area contributed by atoms with E-state index < -0.39 is 0 Å². The van der Waals surface area contributed by atoms with Crippen LogP contribution in [0.15, 0.2) is 28.8 Å². The van der Waals surface area contributed by atoms with E-state index in [1.54, 1.807) is 14.0 Å². The minimum Gasteiger partial charge on any atom is -0.497 e. The molecule has 21 heavy (non-hydrogen) atoms. The quantitative estimate of drug-likeness (QED) is 0.875. The molecule has 1 aromatic carbocycles. The largest absolute Gasteiger partial charge is 0.497 e. The van der Waals surface area contributed by atoms with Crippen LogP contribution in [0.4, 0.5) is 5.69 Å². The van der Waals surface area contributed by atoms with Gasteiger partial charge in [0.1, 0.15) is 23.2 Å². The molecule has 6 nitrogen and oxygen atoms in total. The van der Waals surface area contributed by atoms with Gasteiger partial charge in [-0.3, -0.25) is 4.79 Å². The van der Waals surface area contributed by atoms with Gasteiger partial charge in [-0.1, -0.05) is 17.3 Å². The van der Waals surface area contributed by atoms with E-state index in [0.717, 1.165) is 11.3 Å². The highest BCUT2D eigenvalue weighted by atomic mass is 16.6. The van der Waals surface area contributed by atoms with Gasteiger partial charge in [0.15, 0.2) is 11.9 Å². The first-order valence-electron chi connectivity index (χ1n) is 6.63. The van der Waals surface area contributed by atoms with Gasteiger partial charge < -0.3 is 19.3 Å². The van der Waals surface area contributed by atoms with Gasteiger partial charge in [0.05, 0.1) is 7.11 Å². The molecule has 6 heteroatoms. The number of rotatable bonds is 4. The highest BCUT2D eigenvalue weighted by molar-refractivity contribution is 5.89. The number of hydrogen-bond donors (Lipinski definition) is 1. The Bertz CT molecular complexity index is 663. The number of carbonyl (C=O) groups excluding carboxylic acids is 1. The van der Waals surface area contributed by atoms with E-state index in [1.165, 1.54) is 6.92 Å². The Morgan fingerprint density at radius 1 is 1.29 bits per heavy atom. The smallest absolute Gasteiger partial charge is 0.221 e. The number of amides is 1. The molecule has 0 bridgehead atoms. The summed E-state index contributed by atoms with van der Waals surface area (Å²) in [6.07, 6.45) is -0.308. The zero-order valence-corrected chi connectivity index (χ0v) is 12.0. The molecule has 0 radical (unpaired) electrons. The van der Waals surface area contributed by atoms with Crippen LogP contribution in [0, 0.1) is 6.92 Å².